The maximum absolute atomic E-state index is 9.28. The van der Waals surface area contributed by atoms with E-state index < -0.39 is 49.8 Å². The van der Waals surface area contributed by atoms with Gasteiger partial charge in [-0.3, -0.25) is 0 Å². The molecular weight excluding hydrogens is 224 g/mol. The summed E-state index contributed by atoms with van der Waals surface area (Å²) >= 11 is 0. The maximum atomic E-state index is 9.28. The van der Waals surface area contributed by atoms with Crippen LogP contribution < -0.4 is 0 Å². The molecule has 0 amide bonds. The summed E-state index contributed by atoms with van der Waals surface area (Å²) < 4.78 is 0. The van der Waals surface area contributed by atoms with Gasteiger partial charge in [-0.05, 0) is 0 Å². The molecule has 8 heteroatoms. The van der Waals surface area contributed by atoms with E-state index in [0.717, 1.165) is 0 Å². The third kappa shape index (κ3) is 3.92. The summed E-state index contributed by atoms with van der Waals surface area (Å²) in [5.74, 6) is 0. The standard InChI is InChI=1S/C8H18O8/c9-1-3(11)5(13)7(15)8(16)6(14)4(12)2-10/h3-16H,1-2H2/t3-,4-,5+,6+,7-,8+/m0/s1. The van der Waals surface area contributed by atoms with E-state index >= 15 is 0 Å². The predicted molar refractivity (Wildman–Crippen MR) is 50.2 cm³/mol. The fraction of sp³-hybridized carbons (Fsp3) is 1.00. The maximum Gasteiger partial charge on any atom is 0.111 e. The summed E-state index contributed by atoms with van der Waals surface area (Å²) in [7, 11) is 0. The number of hydrogen-bond acceptors (Lipinski definition) is 8. The van der Waals surface area contributed by atoms with Crippen LogP contribution in [-0.2, 0) is 0 Å². The van der Waals surface area contributed by atoms with Gasteiger partial charge in [0.2, 0.25) is 0 Å². The molecule has 0 saturated carbocycles. The van der Waals surface area contributed by atoms with E-state index in [1.54, 1.807) is 0 Å². The van der Waals surface area contributed by atoms with Gasteiger partial charge in [-0.1, -0.05) is 0 Å². The average Bonchev–Trinajstić information content (AvgIpc) is 2.32. The molecule has 0 aromatic heterocycles. The van der Waals surface area contributed by atoms with Gasteiger partial charge < -0.3 is 40.9 Å². The van der Waals surface area contributed by atoms with Crippen molar-refractivity contribution in [2.45, 2.75) is 36.6 Å². The number of aliphatic hydroxyl groups excluding tert-OH is 8. The zero-order valence-electron chi connectivity index (χ0n) is 8.46. The molecule has 0 saturated heterocycles. The molecule has 8 nitrogen and oxygen atoms in total. The first-order chi connectivity index (χ1) is 7.36. The van der Waals surface area contributed by atoms with Gasteiger partial charge in [0.15, 0.2) is 0 Å². The van der Waals surface area contributed by atoms with E-state index in [1.807, 2.05) is 0 Å². The first-order valence-corrected chi connectivity index (χ1v) is 4.66. The molecule has 98 valence electrons. The molecule has 0 aromatic carbocycles. The SMILES string of the molecule is OC[C@H](O)[C@@H](O)[C@H](O)[C@H](O)[C@H](O)[C@@H](O)CO. The minimum Gasteiger partial charge on any atom is -0.394 e. The summed E-state index contributed by atoms with van der Waals surface area (Å²) in [5.41, 5.74) is 0. The number of rotatable bonds is 7. The van der Waals surface area contributed by atoms with E-state index in [9.17, 15) is 20.4 Å². The normalized spacial score (nSPS) is 23.2. The summed E-state index contributed by atoms with van der Waals surface area (Å²) in [6.07, 6.45) is -11.1. The van der Waals surface area contributed by atoms with Crippen LogP contribution in [0.25, 0.3) is 0 Å². The van der Waals surface area contributed by atoms with Crippen LogP contribution in [0.3, 0.4) is 0 Å². The van der Waals surface area contributed by atoms with Gasteiger partial charge in [-0.2, -0.15) is 0 Å². The summed E-state index contributed by atoms with van der Waals surface area (Å²) in [4.78, 5) is 0. The minimum atomic E-state index is -1.97. The van der Waals surface area contributed by atoms with E-state index in [1.165, 1.54) is 0 Å². The Kier molecular flexibility index (Phi) is 6.95. The Balaban J connectivity index is 4.41. The summed E-state index contributed by atoms with van der Waals surface area (Å²) in [5, 5.41) is 71.8. The lowest BCUT2D eigenvalue weighted by atomic mass is 9.97. The first-order valence-electron chi connectivity index (χ1n) is 4.66. The van der Waals surface area contributed by atoms with Crippen molar-refractivity contribution in [3.63, 3.8) is 0 Å². The minimum absolute atomic E-state index is 0.844. The Hall–Kier alpha value is -0.320. The molecule has 0 fully saturated rings. The summed E-state index contributed by atoms with van der Waals surface area (Å²) in [6, 6.07) is 0. The quantitative estimate of drug-likeness (QED) is 0.220. The van der Waals surface area contributed by atoms with E-state index in [0.29, 0.717) is 0 Å². The fourth-order valence-electron chi connectivity index (χ4n) is 1.08. The molecule has 0 aromatic rings. The highest BCUT2D eigenvalue weighted by Crippen LogP contribution is 2.10. The Morgan fingerprint density at radius 3 is 0.938 bits per heavy atom. The second-order valence-electron chi connectivity index (χ2n) is 3.46. The summed E-state index contributed by atoms with van der Waals surface area (Å²) in [6.45, 7) is -1.69. The monoisotopic (exact) mass is 242 g/mol. The Morgan fingerprint density at radius 2 is 0.750 bits per heavy atom. The van der Waals surface area contributed by atoms with Crippen molar-refractivity contribution >= 4 is 0 Å². The van der Waals surface area contributed by atoms with Crippen LogP contribution in [0.15, 0.2) is 0 Å². The zero-order valence-corrected chi connectivity index (χ0v) is 8.46. The zero-order chi connectivity index (χ0) is 12.9. The number of hydrogen-bond donors (Lipinski definition) is 8. The molecule has 6 atom stereocenters. The van der Waals surface area contributed by atoms with Gasteiger partial charge in [0.05, 0.1) is 13.2 Å². The largest absolute Gasteiger partial charge is 0.394 e. The molecule has 0 heterocycles. The molecular formula is C8H18O8. The Morgan fingerprint density at radius 1 is 0.500 bits per heavy atom. The van der Waals surface area contributed by atoms with Gasteiger partial charge in [0.1, 0.15) is 36.6 Å². The van der Waals surface area contributed by atoms with Crippen molar-refractivity contribution in [1.82, 2.24) is 0 Å². The fourth-order valence-corrected chi connectivity index (χ4v) is 1.08. The molecule has 0 spiro atoms. The molecule has 16 heavy (non-hydrogen) atoms. The van der Waals surface area contributed by atoms with Crippen molar-refractivity contribution in [2.75, 3.05) is 13.2 Å². The smallest absolute Gasteiger partial charge is 0.111 e. The van der Waals surface area contributed by atoms with Crippen molar-refractivity contribution < 1.29 is 40.9 Å². The highest BCUT2D eigenvalue weighted by atomic mass is 16.4. The van der Waals surface area contributed by atoms with Crippen molar-refractivity contribution in [1.29, 1.82) is 0 Å². The third-order valence-corrected chi connectivity index (χ3v) is 2.21. The van der Waals surface area contributed by atoms with Gasteiger partial charge in [-0.15, -0.1) is 0 Å². The molecule has 8 N–H and O–H groups in total. The second-order valence-corrected chi connectivity index (χ2v) is 3.46. The molecule has 0 rings (SSSR count). The second kappa shape index (κ2) is 7.09. The first kappa shape index (κ1) is 15.7. The molecule has 0 unspecified atom stereocenters. The predicted octanol–water partition coefficient (Wildman–Crippen LogP) is -4.86. The van der Waals surface area contributed by atoms with E-state index in [-0.39, 0.29) is 0 Å². The average molecular weight is 242 g/mol. The van der Waals surface area contributed by atoms with Crippen LogP contribution >= 0.6 is 0 Å². The Labute approximate surface area is 91.6 Å². The van der Waals surface area contributed by atoms with Crippen LogP contribution in [-0.4, -0.2) is 90.7 Å². The van der Waals surface area contributed by atoms with E-state index in [4.69, 9.17) is 20.4 Å². The van der Waals surface area contributed by atoms with Crippen LogP contribution in [0.5, 0.6) is 0 Å². The van der Waals surface area contributed by atoms with Crippen LogP contribution in [0.2, 0.25) is 0 Å². The number of aliphatic hydroxyl groups is 8. The highest BCUT2D eigenvalue weighted by molar-refractivity contribution is 4.87. The molecule has 0 aliphatic heterocycles. The highest BCUT2D eigenvalue weighted by Gasteiger charge is 2.36. The molecule has 0 radical (unpaired) electrons. The lowest BCUT2D eigenvalue weighted by molar-refractivity contribution is -0.161. The molecule has 0 aliphatic rings. The molecule has 0 bridgehead atoms. The lowest BCUT2D eigenvalue weighted by Gasteiger charge is -2.29. The van der Waals surface area contributed by atoms with Crippen molar-refractivity contribution in [3.05, 3.63) is 0 Å². The van der Waals surface area contributed by atoms with Crippen LogP contribution in [0, 0.1) is 0 Å². The van der Waals surface area contributed by atoms with Crippen LogP contribution in [0.1, 0.15) is 0 Å². The lowest BCUT2D eigenvalue weighted by Crippen LogP contribution is -2.53. The van der Waals surface area contributed by atoms with Crippen LogP contribution in [0.4, 0.5) is 0 Å². The van der Waals surface area contributed by atoms with Gasteiger partial charge in [-0.25, -0.2) is 0 Å². The van der Waals surface area contributed by atoms with Gasteiger partial charge in [0, 0.05) is 0 Å². The van der Waals surface area contributed by atoms with Gasteiger partial charge >= 0.3 is 0 Å². The van der Waals surface area contributed by atoms with Gasteiger partial charge in [0.25, 0.3) is 0 Å². The van der Waals surface area contributed by atoms with Crippen molar-refractivity contribution in [2.24, 2.45) is 0 Å². The Bertz CT molecular complexity index is 169. The third-order valence-electron chi connectivity index (χ3n) is 2.21. The van der Waals surface area contributed by atoms with E-state index in [2.05, 4.69) is 0 Å². The van der Waals surface area contributed by atoms with Crippen molar-refractivity contribution in [3.8, 4) is 0 Å². The molecule has 0 aliphatic carbocycles. The topological polar surface area (TPSA) is 162 Å².